The van der Waals surface area contributed by atoms with Crippen LogP contribution in [0.4, 0.5) is 0 Å². The third kappa shape index (κ3) is 3.57. The van der Waals surface area contributed by atoms with Crippen molar-refractivity contribution in [3.63, 3.8) is 0 Å². The van der Waals surface area contributed by atoms with Gasteiger partial charge in [0.25, 0.3) is 0 Å². The molecule has 1 aromatic carbocycles. The Hall–Kier alpha value is -1.88. The maximum atomic E-state index is 11.9. The van der Waals surface area contributed by atoms with E-state index in [4.69, 9.17) is 0 Å². The highest BCUT2D eigenvalue weighted by Gasteiger charge is 2.36. The average molecular weight is 276 g/mol. The Morgan fingerprint density at radius 2 is 1.95 bits per heavy atom. The third-order valence-electron chi connectivity index (χ3n) is 3.53. The smallest absolute Gasteiger partial charge is 0.333 e. The van der Waals surface area contributed by atoms with E-state index in [0.717, 1.165) is 0 Å². The fourth-order valence-electron chi connectivity index (χ4n) is 2.04. The Morgan fingerprint density at radius 3 is 2.50 bits per heavy atom. The van der Waals surface area contributed by atoms with Crippen LogP contribution in [0.2, 0.25) is 0 Å². The van der Waals surface area contributed by atoms with Crippen molar-refractivity contribution in [2.75, 3.05) is 6.54 Å². The summed E-state index contributed by atoms with van der Waals surface area (Å²) in [6.45, 7) is 2.10. The van der Waals surface area contributed by atoms with E-state index in [1.807, 2.05) is 6.07 Å². The first-order chi connectivity index (χ1) is 9.52. The first kappa shape index (κ1) is 14.5. The van der Waals surface area contributed by atoms with E-state index in [9.17, 15) is 14.7 Å². The zero-order valence-corrected chi connectivity index (χ0v) is 11.6. The van der Waals surface area contributed by atoms with Crippen molar-refractivity contribution in [1.29, 1.82) is 0 Å². The van der Waals surface area contributed by atoms with Crippen LogP contribution in [0.5, 0.6) is 0 Å². The predicted molar refractivity (Wildman–Crippen MR) is 75.2 cm³/mol. The van der Waals surface area contributed by atoms with Crippen molar-refractivity contribution in [3.05, 3.63) is 35.9 Å². The highest BCUT2D eigenvalue weighted by Crippen LogP contribution is 2.21. The topological polar surface area (TPSA) is 78.4 Å². The molecular weight excluding hydrogens is 256 g/mol. The molecule has 20 heavy (non-hydrogen) atoms. The summed E-state index contributed by atoms with van der Waals surface area (Å²) < 4.78 is 0. The maximum absolute atomic E-state index is 11.9. The lowest BCUT2D eigenvalue weighted by Crippen LogP contribution is -2.50. The average Bonchev–Trinajstić information content (AvgIpc) is 3.23. The standard InChI is InChI=1S/C15H20N2O3/c1-15(14(19)20,11-5-3-2-4-6-11)17-13(18)9-10-16-12-7-8-12/h2-6,12,16H,7-10H2,1H3,(H,17,18)(H,19,20). The van der Waals surface area contributed by atoms with Gasteiger partial charge in [0, 0.05) is 19.0 Å². The molecule has 1 saturated carbocycles. The number of benzene rings is 1. The Labute approximate surface area is 118 Å². The van der Waals surface area contributed by atoms with Crippen LogP contribution in [0.1, 0.15) is 31.7 Å². The number of carboxylic acids is 1. The summed E-state index contributed by atoms with van der Waals surface area (Å²) in [4.78, 5) is 23.4. The summed E-state index contributed by atoms with van der Waals surface area (Å²) in [7, 11) is 0. The number of carbonyl (C=O) groups is 2. The van der Waals surface area contributed by atoms with Gasteiger partial charge in [-0.15, -0.1) is 0 Å². The lowest BCUT2D eigenvalue weighted by molar-refractivity contribution is -0.147. The minimum absolute atomic E-state index is 0.257. The molecule has 0 aliphatic heterocycles. The molecule has 3 N–H and O–H groups in total. The largest absolute Gasteiger partial charge is 0.479 e. The molecule has 1 atom stereocenters. The number of carbonyl (C=O) groups excluding carboxylic acids is 1. The Bertz CT molecular complexity index is 485. The van der Waals surface area contributed by atoms with E-state index < -0.39 is 11.5 Å². The van der Waals surface area contributed by atoms with Crippen LogP contribution >= 0.6 is 0 Å². The second kappa shape index (κ2) is 6.05. The SMILES string of the molecule is CC(NC(=O)CCNC1CC1)(C(=O)O)c1ccccc1. The van der Waals surface area contributed by atoms with Crippen LogP contribution in [0.25, 0.3) is 0 Å². The van der Waals surface area contributed by atoms with Gasteiger partial charge < -0.3 is 15.7 Å². The second-order valence-corrected chi connectivity index (χ2v) is 5.32. The number of hydrogen-bond acceptors (Lipinski definition) is 3. The molecule has 2 rings (SSSR count). The van der Waals surface area contributed by atoms with E-state index in [1.54, 1.807) is 24.3 Å². The number of hydrogen-bond donors (Lipinski definition) is 3. The molecule has 0 bridgehead atoms. The highest BCUT2D eigenvalue weighted by atomic mass is 16.4. The quantitative estimate of drug-likeness (QED) is 0.700. The summed E-state index contributed by atoms with van der Waals surface area (Å²) in [6, 6.07) is 9.29. The van der Waals surface area contributed by atoms with E-state index in [2.05, 4.69) is 10.6 Å². The van der Waals surface area contributed by atoms with Crippen molar-refractivity contribution in [2.45, 2.75) is 37.8 Å². The van der Waals surface area contributed by atoms with Gasteiger partial charge in [-0.3, -0.25) is 4.79 Å². The van der Waals surface area contributed by atoms with Crippen molar-refractivity contribution >= 4 is 11.9 Å². The van der Waals surface area contributed by atoms with Gasteiger partial charge in [-0.05, 0) is 25.3 Å². The number of rotatable bonds is 7. The molecule has 1 fully saturated rings. The Morgan fingerprint density at radius 1 is 1.30 bits per heavy atom. The molecule has 1 aliphatic rings. The number of amides is 1. The second-order valence-electron chi connectivity index (χ2n) is 5.32. The van der Waals surface area contributed by atoms with E-state index >= 15 is 0 Å². The van der Waals surface area contributed by atoms with Crippen LogP contribution in [0, 0.1) is 0 Å². The first-order valence-electron chi connectivity index (χ1n) is 6.85. The molecule has 0 saturated heterocycles. The van der Waals surface area contributed by atoms with Crippen LogP contribution in [0.15, 0.2) is 30.3 Å². The van der Waals surface area contributed by atoms with Crippen molar-refractivity contribution < 1.29 is 14.7 Å². The monoisotopic (exact) mass is 276 g/mol. The summed E-state index contributed by atoms with van der Waals surface area (Å²) in [5.74, 6) is -1.32. The van der Waals surface area contributed by atoms with E-state index in [0.29, 0.717) is 18.2 Å². The summed E-state index contributed by atoms with van der Waals surface area (Å²) in [5, 5.41) is 15.3. The minimum atomic E-state index is -1.39. The third-order valence-corrected chi connectivity index (χ3v) is 3.53. The fourth-order valence-corrected chi connectivity index (χ4v) is 2.04. The Balaban J connectivity index is 1.97. The van der Waals surface area contributed by atoms with Crippen LogP contribution in [-0.2, 0) is 15.1 Å². The van der Waals surface area contributed by atoms with Gasteiger partial charge in [-0.1, -0.05) is 30.3 Å². The zero-order valence-electron chi connectivity index (χ0n) is 11.6. The molecule has 5 heteroatoms. The van der Waals surface area contributed by atoms with Gasteiger partial charge in [-0.2, -0.15) is 0 Å². The molecule has 1 unspecified atom stereocenters. The molecule has 1 aromatic rings. The van der Waals surface area contributed by atoms with Gasteiger partial charge in [0.15, 0.2) is 5.54 Å². The molecular formula is C15H20N2O3. The first-order valence-corrected chi connectivity index (χ1v) is 6.85. The van der Waals surface area contributed by atoms with Crippen LogP contribution in [0.3, 0.4) is 0 Å². The van der Waals surface area contributed by atoms with Gasteiger partial charge >= 0.3 is 5.97 Å². The van der Waals surface area contributed by atoms with Gasteiger partial charge in [0.05, 0.1) is 0 Å². The van der Waals surface area contributed by atoms with Crippen molar-refractivity contribution in [1.82, 2.24) is 10.6 Å². The summed E-state index contributed by atoms with van der Waals surface area (Å²) in [6.07, 6.45) is 2.61. The minimum Gasteiger partial charge on any atom is -0.479 e. The Kier molecular flexibility index (Phi) is 4.39. The van der Waals surface area contributed by atoms with Crippen LogP contribution < -0.4 is 10.6 Å². The molecule has 0 spiro atoms. The zero-order chi connectivity index (χ0) is 14.6. The molecule has 5 nitrogen and oxygen atoms in total. The lowest BCUT2D eigenvalue weighted by atomic mass is 9.92. The highest BCUT2D eigenvalue weighted by molar-refractivity contribution is 5.87. The normalized spacial score (nSPS) is 17.2. The van der Waals surface area contributed by atoms with Crippen LogP contribution in [-0.4, -0.2) is 29.6 Å². The van der Waals surface area contributed by atoms with E-state index in [1.165, 1.54) is 19.8 Å². The van der Waals surface area contributed by atoms with Gasteiger partial charge in [0.1, 0.15) is 0 Å². The summed E-state index contributed by atoms with van der Waals surface area (Å²) >= 11 is 0. The molecule has 1 amide bonds. The molecule has 108 valence electrons. The maximum Gasteiger partial charge on any atom is 0.333 e. The lowest BCUT2D eigenvalue weighted by Gasteiger charge is -2.26. The number of aliphatic carboxylic acids is 1. The fraction of sp³-hybridized carbons (Fsp3) is 0.467. The number of nitrogens with one attached hydrogen (secondary N) is 2. The van der Waals surface area contributed by atoms with Gasteiger partial charge in [-0.25, -0.2) is 4.79 Å². The predicted octanol–water partition coefficient (Wildman–Crippen LogP) is 1.24. The van der Waals surface area contributed by atoms with Gasteiger partial charge in [0.2, 0.25) is 5.91 Å². The number of carboxylic acid groups (broad SMARTS) is 1. The molecule has 0 heterocycles. The molecule has 0 aromatic heterocycles. The molecule has 1 aliphatic carbocycles. The van der Waals surface area contributed by atoms with Crippen molar-refractivity contribution in [2.24, 2.45) is 0 Å². The summed E-state index contributed by atoms with van der Waals surface area (Å²) in [5.41, 5.74) is -0.825. The molecule has 0 radical (unpaired) electrons. The van der Waals surface area contributed by atoms with E-state index in [-0.39, 0.29) is 12.3 Å². The van der Waals surface area contributed by atoms with Crippen molar-refractivity contribution in [3.8, 4) is 0 Å².